The van der Waals surface area contributed by atoms with Crippen LogP contribution in [-0.4, -0.2) is 44.1 Å². The van der Waals surface area contributed by atoms with Gasteiger partial charge < -0.3 is 5.32 Å². The fraction of sp³-hybridized carbons (Fsp3) is 0.400. The van der Waals surface area contributed by atoms with E-state index in [1.54, 1.807) is 36.4 Å². The number of aromatic nitrogens is 4. The molecule has 184 valence electrons. The Morgan fingerprint density at radius 2 is 1.83 bits per heavy atom. The molecule has 0 bridgehead atoms. The molecular weight excluding hydrogens is 471 g/mol. The number of carbonyl (C=O) groups excluding carboxylic acids is 2. The topological polar surface area (TPSA) is 93.0 Å². The van der Waals surface area contributed by atoms with E-state index in [2.05, 4.69) is 20.7 Å². The molecule has 1 saturated carbocycles. The number of rotatable bonds is 9. The van der Waals surface area contributed by atoms with Crippen molar-refractivity contribution in [3.63, 3.8) is 0 Å². The van der Waals surface area contributed by atoms with E-state index in [1.165, 1.54) is 21.8 Å². The number of halogens is 2. The zero-order valence-electron chi connectivity index (χ0n) is 19.5. The maximum absolute atomic E-state index is 13.6. The van der Waals surface area contributed by atoms with Crippen molar-refractivity contribution in [3.05, 3.63) is 59.4 Å². The van der Waals surface area contributed by atoms with Crippen LogP contribution in [0.15, 0.2) is 48.5 Å². The van der Waals surface area contributed by atoms with E-state index in [9.17, 15) is 14.0 Å². The van der Waals surface area contributed by atoms with Crippen molar-refractivity contribution in [3.8, 4) is 11.4 Å². The van der Waals surface area contributed by atoms with E-state index in [4.69, 9.17) is 11.6 Å². The molecule has 2 amide bonds. The van der Waals surface area contributed by atoms with Crippen LogP contribution in [0.3, 0.4) is 0 Å². The van der Waals surface area contributed by atoms with E-state index in [0.29, 0.717) is 22.7 Å². The van der Waals surface area contributed by atoms with E-state index in [-0.39, 0.29) is 36.0 Å². The van der Waals surface area contributed by atoms with E-state index in [1.807, 2.05) is 6.92 Å². The van der Waals surface area contributed by atoms with Crippen LogP contribution in [0.5, 0.6) is 0 Å². The minimum absolute atomic E-state index is 0.138. The molecule has 4 rings (SSSR count). The number of anilines is 1. The second-order valence-corrected chi connectivity index (χ2v) is 9.12. The normalized spacial score (nSPS) is 14.6. The van der Waals surface area contributed by atoms with Crippen LogP contribution in [0.25, 0.3) is 11.4 Å². The SMILES string of the molecule is CCC[C@H](C(=O)NC1CCCC1)N(C(=O)Cn1nnc(-c2ccc(F)cc2)n1)c1ccc(Cl)cc1. The van der Waals surface area contributed by atoms with Crippen LogP contribution in [0.2, 0.25) is 5.02 Å². The van der Waals surface area contributed by atoms with Gasteiger partial charge in [-0.05, 0) is 73.0 Å². The average molecular weight is 499 g/mol. The van der Waals surface area contributed by atoms with Gasteiger partial charge in [-0.25, -0.2) is 4.39 Å². The monoisotopic (exact) mass is 498 g/mol. The smallest absolute Gasteiger partial charge is 0.251 e. The molecule has 0 saturated heterocycles. The fourth-order valence-corrected chi connectivity index (χ4v) is 4.47. The number of benzene rings is 2. The Bertz CT molecular complexity index is 1150. The minimum atomic E-state index is -0.686. The quantitative estimate of drug-likeness (QED) is 0.472. The van der Waals surface area contributed by atoms with Gasteiger partial charge in [-0.3, -0.25) is 14.5 Å². The molecule has 0 unspecified atom stereocenters. The third-order valence-electron chi connectivity index (χ3n) is 6.08. The molecule has 1 atom stereocenters. The highest BCUT2D eigenvalue weighted by atomic mass is 35.5. The highest BCUT2D eigenvalue weighted by Crippen LogP contribution is 2.24. The lowest BCUT2D eigenvalue weighted by Crippen LogP contribution is -2.52. The Morgan fingerprint density at radius 1 is 1.14 bits per heavy atom. The molecule has 35 heavy (non-hydrogen) atoms. The highest BCUT2D eigenvalue weighted by Gasteiger charge is 2.32. The van der Waals surface area contributed by atoms with Crippen molar-refractivity contribution in [1.82, 2.24) is 25.5 Å². The first-order chi connectivity index (χ1) is 16.9. The molecule has 1 fully saturated rings. The zero-order valence-corrected chi connectivity index (χ0v) is 20.3. The van der Waals surface area contributed by atoms with Gasteiger partial charge in [0, 0.05) is 22.3 Å². The summed E-state index contributed by atoms with van der Waals surface area (Å²) in [5, 5.41) is 15.9. The summed E-state index contributed by atoms with van der Waals surface area (Å²) in [6.45, 7) is 1.77. The predicted octanol–water partition coefficient (Wildman–Crippen LogP) is 4.39. The van der Waals surface area contributed by atoms with Crippen molar-refractivity contribution in [2.75, 3.05) is 4.90 Å². The van der Waals surface area contributed by atoms with Crippen LogP contribution in [0, 0.1) is 5.82 Å². The third kappa shape index (κ3) is 6.22. The molecule has 0 spiro atoms. The highest BCUT2D eigenvalue weighted by molar-refractivity contribution is 6.30. The van der Waals surface area contributed by atoms with Gasteiger partial charge in [0.05, 0.1) is 0 Å². The van der Waals surface area contributed by atoms with Gasteiger partial charge in [0.2, 0.25) is 11.7 Å². The number of hydrogen-bond donors (Lipinski definition) is 1. The number of nitrogens with one attached hydrogen (secondary N) is 1. The molecular formula is C25H28ClFN6O2. The summed E-state index contributed by atoms with van der Waals surface area (Å²) in [5.74, 6) is -0.608. The number of hydrogen-bond acceptors (Lipinski definition) is 5. The number of amides is 2. The summed E-state index contributed by atoms with van der Waals surface area (Å²) >= 11 is 6.07. The number of tetrazole rings is 1. The van der Waals surface area contributed by atoms with Crippen molar-refractivity contribution in [2.45, 2.75) is 64.1 Å². The Kier molecular flexibility index (Phi) is 8.07. The minimum Gasteiger partial charge on any atom is -0.352 e. The first-order valence-electron chi connectivity index (χ1n) is 11.9. The number of nitrogens with zero attached hydrogens (tertiary/aromatic N) is 5. The van der Waals surface area contributed by atoms with Crippen molar-refractivity contribution < 1.29 is 14.0 Å². The average Bonchev–Trinajstić information content (AvgIpc) is 3.53. The Labute approximate surface area is 208 Å². The zero-order chi connectivity index (χ0) is 24.8. The molecule has 1 aliphatic carbocycles. The van der Waals surface area contributed by atoms with Crippen LogP contribution < -0.4 is 10.2 Å². The van der Waals surface area contributed by atoms with Gasteiger partial charge in [-0.2, -0.15) is 4.80 Å². The van der Waals surface area contributed by atoms with Crippen molar-refractivity contribution >= 4 is 29.1 Å². The van der Waals surface area contributed by atoms with Gasteiger partial charge in [0.1, 0.15) is 18.4 Å². The molecule has 0 aliphatic heterocycles. The van der Waals surface area contributed by atoms with Gasteiger partial charge in [0.15, 0.2) is 0 Å². The largest absolute Gasteiger partial charge is 0.352 e. The first-order valence-corrected chi connectivity index (χ1v) is 12.2. The summed E-state index contributed by atoms with van der Waals surface area (Å²) < 4.78 is 13.2. The Balaban J connectivity index is 1.58. The van der Waals surface area contributed by atoms with E-state index < -0.39 is 6.04 Å². The third-order valence-corrected chi connectivity index (χ3v) is 6.34. The maximum atomic E-state index is 13.6. The van der Waals surface area contributed by atoms with Crippen LogP contribution >= 0.6 is 11.6 Å². The lowest BCUT2D eigenvalue weighted by molar-refractivity contribution is -0.127. The molecule has 3 aromatic rings. The molecule has 0 radical (unpaired) electrons. The summed E-state index contributed by atoms with van der Waals surface area (Å²) in [4.78, 5) is 29.6. The van der Waals surface area contributed by atoms with E-state index >= 15 is 0 Å². The van der Waals surface area contributed by atoms with Gasteiger partial charge >= 0.3 is 0 Å². The van der Waals surface area contributed by atoms with Crippen LogP contribution in [0.4, 0.5) is 10.1 Å². The summed E-state index contributed by atoms with van der Waals surface area (Å²) in [7, 11) is 0. The van der Waals surface area contributed by atoms with Crippen molar-refractivity contribution in [2.24, 2.45) is 0 Å². The second-order valence-electron chi connectivity index (χ2n) is 8.68. The predicted molar refractivity (Wildman–Crippen MR) is 131 cm³/mol. The summed E-state index contributed by atoms with van der Waals surface area (Å²) in [6, 6.07) is 12.0. The van der Waals surface area contributed by atoms with Gasteiger partial charge in [-0.1, -0.05) is 37.8 Å². The fourth-order valence-electron chi connectivity index (χ4n) is 4.34. The number of carbonyl (C=O) groups is 2. The van der Waals surface area contributed by atoms with Gasteiger partial charge in [-0.15, -0.1) is 10.2 Å². The first kappa shape index (κ1) is 24.8. The molecule has 1 heterocycles. The molecule has 10 heteroatoms. The Morgan fingerprint density at radius 3 is 2.49 bits per heavy atom. The molecule has 1 aromatic heterocycles. The van der Waals surface area contributed by atoms with Crippen LogP contribution in [0.1, 0.15) is 45.4 Å². The van der Waals surface area contributed by atoms with Crippen LogP contribution in [-0.2, 0) is 16.1 Å². The lowest BCUT2D eigenvalue weighted by atomic mass is 10.1. The molecule has 1 N–H and O–H groups in total. The Hall–Kier alpha value is -3.33. The van der Waals surface area contributed by atoms with E-state index in [0.717, 1.165) is 32.1 Å². The standard InChI is InChI=1S/C25H28ClFN6O2/c1-2-5-22(25(35)28-20-6-3-4-7-20)33(21-14-10-18(26)11-15-21)23(34)16-32-30-24(29-31-32)17-8-12-19(27)13-9-17/h8-15,20,22H,2-7,16H2,1H3,(H,28,35)/t22-/m1/s1. The summed E-state index contributed by atoms with van der Waals surface area (Å²) in [6.07, 6.45) is 5.31. The molecule has 2 aromatic carbocycles. The molecule has 1 aliphatic rings. The second kappa shape index (κ2) is 11.4. The molecule has 8 nitrogen and oxygen atoms in total. The summed E-state index contributed by atoms with van der Waals surface area (Å²) in [5.41, 5.74) is 1.15. The maximum Gasteiger partial charge on any atom is 0.251 e. The van der Waals surface area contributed by atoms with Gasteiger partial charge in [0.25, 0.3) is 5.91 Å². The van der Waals surface area contributed by atoms with Crippen molar-refractivity contribution in [1.29, 1.82) is 0 Å². The lowest BCUT2D eigenvalue weighted by Gasteiger charge is -2.31.